The van der Waals surface area contributed by atoms with E-state index in [1.807, 2.05) is 60.7 Å². The van der Waals surface area contributed by atoms with E-state index in [-0.39, 0.29) is 11.8 Å². The molecule has 1 saturated carbocycles. The number of nitrogens with one attached hydrogen (secondary N) is 1. The number of alkyl halides is 2. The van der Waals surface area contributed by atoms with Crippen LogP contribution in [0.25, 0.3) is 0 Å². The molecule has 1 N–H and O–H groups in total. The lowest BCUT2D eigenvalue weighted by molar-refractivity contribution is -0.117. The van der Waals surface area contributed by atoms with Gasteiger partial charge in [0.2, 0.25) is 5.91 Å². The molecule has 20 heavy (non-hydrogen) atoms. The second-order valence-electron chi connectivity index (χ2n) is 4.90. The monoisotopic (exact) mass is 305 g/mol. The van der Waals surface area contributed by atoms with Gasteiger partial charge in [-0.25, -0.2) is 0 Å². The average Bonchev–Trinajstić information content (AvgIpc) is 3.04. The van der Waals surface area contributed by atoms with E-state index >= 15 is 0 Å². The van der Waals surface area contributed by atoms with Crippen molar-refractivity contribution < 1.29 is 4.79 Å². The Morgan fingerprint density at radius 3 is 2.10 bits per heavy atom. The predicted molar refractivity (Wildman–Crippen MR) is 82.2 cm³/mol. The molecule has 2 aromatic carbocycles. The number of anilines is 1. The summed E-state index contributed by atoms with van der Waals surface area (Å²) < 4.78 is -1.03. The molecule has 1 aliphatic carbocycles. The number of para-hydroxylation sites is 1. The predicted octanol–water partition coefficient (Wildman–Crippen LogP) is 4.21. The molecule has 0 spiro atoms. The fourth-order valence-corrected chi connectivity index (χ4v) is 3.30. The number of benzene rings is 2. The van der Waals surface area contributed by atoms with Crippen LogP contribution in [0.5, 0.6) is 0 Å². The lowest BCUT2D eigenvalue weighted by atomic mass is 10.1. The number of hydrogen-bond donors (Lipinski definition) is 1. The van der Waals surface area contributed by atoms with Crippen LogP contribution in [0.2, 0.25) is 0 Å². The maximum atomic E-state index is 12.3. The van der Waals surface area contributed by atoms with Crippen molar-refractivity contribution in [2.45, 2.75) is 10.3 Å². The molecule has 0 saturated heterocycles. The molecule has 0 unspecified atom stereocenters. The van der Waals surface area contributed by atoms with Crippen LogP contribution in [0.3, 0.4) is 0 Å². The summed E-state index contributed by atoms with van der Waals surface area (Å²) in [6.07, 6.45) is 0. The Labute approximate surface area is 127 Å². The van der Waals surface area contributed by atoms with E-state index < -0.39 is 10.3 Å². The van der Waals surface area contributed by atoms with Gasteiger partial charge in [0.1, 0.15) is 4.33 Å². The molecule has 102 valence electrons. The van der Waals surface area contributed by atoms with Crippen LogP contribution in [0.4, 0.5) is 5.69 Å². The molecule has 3 rings (SSSR count). The number of amides is 1. The first kappa shape index (κ1) is 13.5. The Balaban J connectivity index is 1.76. The smallest absolute Gasteiger partial charge is 0.231 e. The Morgan fingerprint density at radius 2 is 1.50 bits per heavy atom. The van der Waals surface area contributed by atoms with Crippen LogP contribution in [0, 0.1) is 5.92 Å². The van der Waals surface area contributed by atoms with Crippen LogP contribution in [0.15, 0.2) is 60.7 Å². The summed E-state index contributed by atoms with van der Waals surface area (Å²) in [5.74, 6) is -0.723. The maximum Gasteiger partial charge on any atom is 0.231 e. The van der Waals surface area contributed by atoms with Gasteiger partial charge in [0, 0.05) is 11.6 Å². The molecule has 2 nitrogen and oxygen atoms in total. The molecule has 0 heterocycles. The van der Waals surface area contributed by atoms with Crippen LogP contribution in [-0.2, 0) is 4.79 Å². The molecule has 0 bridgehead atoms. The molecule has 0 aliphatic heterocycles. The van der Waals surface area contributed by atoms with Crippen molar-refractivity contribution in [3.63, 3.8) is 0 Å². The van der Waals surface area contributed by atoms with E-state index in [1.165, 1.54) is 0 Å². The highest BCUT2D eigenvalue weighted by atomic mass is 35.5. The Kier molecular flexibility index (Phi) is 3.45. The summed E-state index contributed by atoms with van der Waals surface area (Å²) in [5.41, 5.74) is 1.74. The minimum atomic E-state index is -1.03. The van der Waals surface area contributed by atoms with E-state index in [9.17, 15) is 4.79 Å². The normalized spacial score (nSPS) is 23.1. The van der Waals surface area contributed by atoms with Crippen molar-refractivity contribution >= 4 is 34.8 Å². The van der Waals surface area contributed by atoms with Gasteiger partial charge < -0.3 is 5.32 Å². The highest BCUT2D eigenvalue weighted by molar-refractivity contribution is 6.53. The van der Waals surface area contributed by atoms with Gasteiger partial charge in [-0.1, -0.05) is 48.5 Å². The van der Waals surface area contributed by atoms with Crippen LogP contribution < -0.4 is 5.32 Å². The first-order chi connectivity index (χ1) is 9.60. The van der Waals surface area contributed by atoms with Gasteiger partial charge in [-0.15, -0.1) is 23.2 Å². The van der Waals surface area contributed by atoms with E-state index in [0.29, 0.717) is 0 Å². The van der Waals surface area contributed by atoms with Crippen LogP contribution >= 0.6 is 23.2 Å². The molecule has 0 radical (unpaired) electrons. The van der Waals surface area contributed by atoms with E-state index in [0.717, 1.165) is 11.3 Å². The van der Waals surface area contributed by atoms with Gasteiger partial charge in [0.15, 0.2) is 0 Å². The molecular weight excluding hydrogens is 293 g/mol. The Bertz CT molecular complexity index is 613. The fourth-order valence-electron chi connectivity index (χ4n) is 2.47. The average molecular weight is 306 g/mol. The summed E-state index contributed by atoms with van der Waals surface area (Å²) in [6.45, 7) is 0. The summed E-state index contributed by atoms with van der Waals surface area (Å²) in [6, 6.07) is 19.0. The summed E-state index contributed by atoms with van der Waals surface area (Å²) in [5, 5.41) is 2.85. The number of rotatable bonds is 3. The van der Waals surface area contributed by atoms with Gasteiger partial charge in [-0.2, -0.15) is 0 Å². The largest absolute Gasteiger partial charge is 0.326 e. The minimum Gasteiger partial charge on any atom is -0.326 e. The number of halogens is 2. The minimum absolute atomic E-state index is 0.143. The summed E-state index contributed by atoms with van der Waals surface area (Å²) >= 11 is 12.5. The van der Waals surface area contributed by atoms with Gasteiger partial charge in [-0.05, 0) is 17.7 Å². The summed E-state index contributed by atoms with van der Waals surface area (Å²) in [4.78, 5) is 12.3. The Morgan fingerprint density at radius 1 is 0.950 bits per heavy atom. The molecule has 2 aromatic rings. The standard InChI is InChI=1S/C16H13Cl2NO/c17-16(18)13(11-7-3-1-4-8-11)14(16)15(20)19-12-9-5-2-6-10-12/h1-10,13-14H,(H,19,20)/t13-,14-/m1/s1. The quantitative estimate of drug-likeness (QED) is 0.846. The molecule has 2 atom stereocenters. The number of carbonyl (C=O) groups excluding carboxylic acids is 1. The fraction of sp³-hybridized carbons (Fsp3) is 0.188. The third-order valence-electron chi connectivity index (χ3n) is 3.54. The lowest BCUT2D eigenvalue weighted by Crippen LogP contribution is -2.16. The highest BCUT2D eigenvalue weighted by Crippen LogP contribution is 2.65. The second kappa shape index (κ2) is 5.12. The summed E-state index contributed by atoms with van der Waals surface area (Å²) in [7, 11) is 0. The lowest BCUT2D eigenvalue weighted by Gasteiger charge is -2.04. The molecule has 0 aromatic heterocycles. The third kappa shape index (κ3) is 2.41. The molecule has 4 heteroatoms. The van der Waals surface area contributed by atoms with Gasteiger partial charge >= 0.3 is 0 Å². The Hall–Kier alpha value is -1.51. The highest BCUT2D eigenvalue weighted by Gasteiger charge is 2.67. The topological polar surface area (TPSA) is 29.1 Å². The van der Waals surface area contributed by atoms with E-state index in [2.05, 4.69) is 5.32 Å². The molecular formula is C16H13Cl2NO. The van der Waals surface area contributed by atoms with Crippen molar-refractivity contribution in [1.29, 1.82) is 0 Å². The third-order valence-corrected chi connectivity index (χ3v) is 4.48. The van der Waals surface area contributed by atoms with Crippen molar-refractivity contribution in [3.8, 4) is 0 Å². The van der Waals surface area contributed by atoms with Gasteiger partial charge in [0.05, 0.1) is 5.92 Å². The second-order valence-corrected chi connectivity index (χ2v) is 6.34. The SMILES string of the molecule is O=C(Nc1ccccc1)[C@H]1[C@@H](c2ccccc2)C1(Cl)Cl. The number of carbonyl (C=O) groups is 1. The molecule has 1 aliphatic rings. The number of hydrogen-bond acceptors (Lipinski definition) is 1. The maximum absolute atomic E-state index is 12.3. The van der Waals surface area contributed by atoms with E-state index in [4.69, 9.17) is 23.2 Å². The van der Waals surface area contributed by atoms with Gasteiger partial charge in [0.25, 0.3) is 0 Å². The van der Waals surface area contributed by atoms with Crippen molar-refractivity contribution in [3.05, 3.63) is 66.2 Å². The van der Waals surface area contributed by atoms with Crippen molar-refractivity contribution in [1.82, 2.24) is 0 Å². The van der Waals surface area contributed by atoms with Crippen molar-refractivity contribution in [2.75, 3.05) is 5.32 Å². The zero-order valence-electron chi connectivity index (χ0n) is 10.6. The first-order valence-corrected chi connectivity index (χ1v) is 7.15. The zero-order valence-corrected chi connectivity index (χ0v) is 12.1. The molecule has 1 fully saturated rings. The molecule has 1 amide bonds. The van der Waals surface area contributed by atoms with Gasteiger partial charge in [-0.3, -0.25) is 4.79 Å². The van der Waals surface area contributed by atoms with Crippen molar-refractivity contribution in [2.24, 2.45) is 5.92 Å². The first-order valence-electron chi connectivity index (χ1n) is 6.39. The van der Waals surface area contributed by atoms with Crippen LogP contribution in [0.1, 0.15) is 11.5 Å². The van der Waals surface area contributed by atoms with Crippen LogP contribution in [-0.4, -0.2) is 10.2 Å². The van der Waals surface area contributed by atoms with E-state index in [1.54, 1.807) is 0 Å². The zero-order chi connectivity index (χ0) is 14.2.